The highest BCUT2D eigenvalue weighted by molar-refractivity contribution is 8.18. The van der Waals surface area contributed by atoms with Crippen LogP contribution in [0.3, 0.4) is 0 Å². The third kappa shape index (κ3) is 6.36. The third-order valence-corrected chi connectivity index (χ3v) is 7.01. The minimum atomic E-state index is -0.378. The van der Waals surface area contributed by atoms with Gasteiger partial charge in [0.15, 0.2) is 0 Å². The van der Waals surface area contributed by atoms with E-state index in [1.54, 1.807) is 42.5 Å². The summed E-state index contributed by atoms with van der Waals surface area (Å²) in [5, 5.41) is -0.359. The fourth-order valence-corrected chi connectivity index (χ4v) is 4.82. The third-order valence-electron chi connectivity index (χ3n) is 6.11. The summed E-state index contributed by atoms with van der Waals surface area (Å²) in [4.78, 5) is 45.9. The highest BCUT2D eigenvalue weighted by Crippen LogP contribution is 2.33. The quantitative estimate of drug-likeness (QED) is 0.548. The highest BCUT2D eigenvalue weighted by Gasteiger charge is 2.35. The van der Waals surface area contributed by atoms with E-state index in [-0.39, 0.29) is 29.4 Å². The molecule has 2 saturated heterocycles. The normalized spacial score (nSPS) is 18.2. The van der Waals surface area contributed by atoms with Gasteiger partial charge < -0.3 is 9.80 Å². The molecule has 2 aliphatic heterocycles. The van der Waals surface area contributed by atoms with Crippen molar-refractivity contribution in [2.75, 3.05) is 53.4 Å². The molecule has 3 amide bonds. The van der Waals surface area contributed by atoms with E-state index in [0.717, 1.165) is 48.4 Å². The molecule has 7 nitrogen and oxygen atoms in total. The molecule has 184 valence electrons. The largest absolute Gasteiger partial charge is 0.336 e. The fourth-order valence-electron chi connectivity index (χ4n) is 3.98. The molecule has 9 heteroatoms. The zero-order chi connectivity index (χ0) is 24.9. The summed E-state index contributed by atoms with van der Waals surface area (Å²) >= 11 is 0.880. The van der Waals surface area contributed by atoms with Gasteiger partial charge in [0.1, 0.15) is 5.82 Å². The van der Waals surface area contributed by atoms with E-state index in [1.165, 1.54) is 12.1 Å². The Hall–Kier alpha value is -3.01. The number of hydrogen-bond donors (Lipinski definition) is 0. The zero-order valence-corrected chi connectivity index (χ0v) is 20.8. The number of hydrogen-bond acceptors (Lipinski definition) is 6. The van der Waals surface area contributed by atoms with Gasteiger partial charge in [0, 0.05) is 44.8 Å². The lowest BCUT2D eigenvalue weighted by Gasteiger charge is -2.35. The number of carbonyl (C=O) groups excluding carboxylic acids is 3. The Balaban J connectivity index is 1.35. The van der Waals surface area contributed by atoms with Crippen LogP contribution in [0.15, 0.2) is 53.4 Å². The molecule has 2 heterocycles. The number of rotatable bonds is 7. The van der Waals surface area contributed by atoms with Crippen molar-refractivity contribution < 1.29 is 18.8 Å². The van der Waals surface area contributed by atoms with E-state index in [1.807, 2.05) is 4.90 Å². The Kier molecular flexibility index (Phi) is 8.00. The van der Waals surface area contributed by atoms with Crippen LogP contribution in [0.1, 0.15) is 21.5 Å². The second-order valence-corrected chi connectivity index (χ2v) is 9.95. The summed E-state index contributed by atoms with van der Waals surface area (Å²) in [5.41, 5.74) is 2.02. The summed E-state index contributed by atoms with van der Waals surface area (Å²) in [6.07, 6.45) is 1.66. The van der Waals surface area contributed by atoms with E-state index in [4.69, 9.17) is 0 Å². The maximum Gasteiger partial charge on any atom is 0.293 e. The molecule has 4 rings (SSSR count). The molecule has 0 spiro atoms. The lowest BCUT2D eigenvalue weighted by atomic mass is 10.1. The lowest BCUT2D eigenvalue weighted by Crippen LogP contribution is -2.49. The molecule has 0 aliphatic carbocycles. The molecular formula is C26H29FN4O3S. The number of carbonyl (C=O) groups is 3. The molecule has 0 aromatic heterocycles. The molecule has 0 bridgehead atoms. The van der Waals surface area contributed by atoms with Gasteiger partial charge in [-0.25, -0.2) is 4.39 Å². The van der Waals surface area contributed by atoms with Crippen molar-refractivity contribution in [1.82, 2.24) is 19.6 Å². The summed E-state index contributed by atoms with van der Waals surface area (Å²) in [7, 11) is 4.12. The molecule has 35 heavy (non-hydrogen) atoms. The summed E-state index contributed by atoms with van der Waals surface area (Å²) in [6, 6.07) is 12.8. The topological polar surface area (TPSA) is 64.2 Å². The van der Waals surface area contributed by atoms with Crippen molar-refractivity contribution in [1.29, 1.82) is 0 Å². The first-order chi connectivity index (χ1) is 16.8. The van der Waals surface area contributed by atoms with Crippen LogP contribution >= 0.6 is 11.8 Å². The first-order valence-electron chi connectivity index (χ1n) is 11.6. The minimum absolute atomic E-state index is 0.00318. The molecule has 2 aliphatic rings. The summed E-state index contributed by atoms with van der Waals surface area (Å²) < 4.78 is 13.1. The van der Waals surface area contributed by atoms with Gasteiger partial charge >= 0.3 is 0 Å². The number of amides is 3. The van der Waals surface area contributed by atoms with Crippen molar-refractivity contribution in [3.8, 4) is 0 Å². The Bertz CT molecular complexity index is 1110. The molecule has 2 aromatic carbocycles. The Morgan fingerprint density at radius 3 is 2.29 bits per heavy atom. The number of likely N-dealkylation sites (N-methyl/N-ethyl adjacent to an activating group) is 1. The molecule has 2 fully saturated rings. The average molecular weight is 497 g/mol. The maximum absolute atomic E-state index is 13.1. The fraction of sp³-hybridized carbons (Fsp3) is 0.346. The van der Waals surface area contributed by atoms with Crippen molar-refractivity contribution >= 4 is 34.9 Å². The second-order valence-electron chi connectivity index (χ2n) is 8.95. The molecule has 2 aromatic rings. The Morgan fingerprint density at radius 1 is 1.00 bits per heavy atom. The number of thioether (sulfide) groups is 1. The van der Waals surface area contributed by atoms with Crippen LogP contribution < -0.4 is 0 Å². The van der Waals surface area contributed by atoms with E-state index < -0.39 is 0 Å². The van der Waals surface area contributed by atoms with Gasteiger partial charge in [-0.05, 0) is 67.3 Å². The highest BCUT2D eigenvalue weighted by atomic mass is 32.2. The van der Waals surface area contributed by atoms with Crippen LogP contribution in [-0.4, -0.2) is 90.0 Å². The van der Waals surface area contributed by atoms with Gasteiger partial charge in [0.05, 0.1) is 11.4 Å². The van der Waals surface area contributed by atoms with Crippen LogP contribution in [0.25, 0.3) is 6.08 Å². The standard InChI is InChI=1S/C26H29FN4O3S/c1-28(2)11-12-29-13-15-30(16-14-29)24(32)21-7-3-19(4-8-21)17-23-25(33)31(26(34)35-23)18-20-5-9-22(27)10-6-20/h3-10,17H,11-16,18H2,1-2H3/b23-17-. The lowest BCUT2D eigenvalue weighted by molar-refractivity contribution is -0.123. The molecule has 0 N–H and O–H groups in total. The van der Waals surface area contributed by atoms with E-state index in [2.05, 4.69) is 23.9 Å². The molecule has 0 atom stereocenters. The number of nitrogens with zero attached hydrogens (tertiary/aromatic N) is 4. The minimum Gasteiger partial charge on any atom is -0.336 e. The van der Waals surface area contributed by atoms with Crippen molar-refractivity contribution in [3.05, 3.63) is 75.9 Å². The van der Waals surface area contributed by atoms with E-state index in [0.29, 0.717) is 29.1 Å². The van der Waals surface area contributed by atoms with Crippen LogP contribution in [0.2, 0.25) is 0 Å². The second kappa shape index (κ2) is 11.2. The SMILES string of the molecule is CN(C)CCN1CCN(C(=O)c2ccc(/C=C3\SC(=O)N(Cc4ccc(F)cc4)C3=O)cc2)CC1. The Morgan fingerprint density at radius 2 is 1.66 bits per heavy atom. The molecule has 0 unspecified atom stereocenters. The number of piperazine rings is 1. The van der Waals surface area contributed by atoms with Gasteiger partial charge in [-0.15, -0.1) is 0 Å². The zero-order valence-electron chi connectivity index (χ0n) is 19.9. The number of benzene rings is 2. The summed E-state index contributed by atoms with van der Waals surface area (Å²) in [5.74, 6) is -0.743. The number of imide groups is 1. The first kappa shape index (κ1) is 25.1. The van der Waals surface area contributed by atoms with Crippen LogP contribution in [0.4, 0.5) is 9.18 Å². The van der Waals surface area contributed by atoms with Crippen molar-refractivity contribution in [2.45, 2.75) is 6.54 Å². The van der Waals surface area contributed by atoms with Gasteiger partial charge in [0.2, 0.25) is 0 Å². The van der Waals surface area contributed by atoms with Gasteiger partial charge in [0.25, 0.3) is 17.1 Å². The number of halogens is 1. The van der Waals surface area contributed by atoms with Gasteiger partial charge in [-0.1, -0.05) is 24.3 Å². The van der Waals surface area contributed by atoms with Crippen molar-refractivity contribution in [2.24, 2.45) is 0 Å². The van der Waals surface area contributed by atoms with Crippen molar-refractivity contribution in [3.63, 3.8) is 0 Å². The summed E-state index contributed by atoms with van der Waals surface area (Å²) in [6.45, 7) is 5.24. The van der Waals surface area contributed by atoms with Crippen LogP contribution in [0, 0.1) is 5.82 Å². The predicted molar refractivity (Wildman–Crippen MR) is 135 cm³/mol. The predicted octanol–water partition coefficient (Wildman–Crippen LogP) is 3.38. The molecule has 0 saturated carbocycles. The smallest absolute Gasteiger partial charge is 0.293 e. The molecular weight excluding hydrogens is 467 g/mol. The Labute approximate surface area is 209 Å². The monoisotopic (exact) mass is 496 g/mol. The van der Waals surface area contributed by atoms with Gasteiger partial charge in [-0.3, -0.25) is 24.2 Å². The van der Waals surface area contributed by atoms with E-state index >= 15 is 0 Å². The van der Waals surface area contributed by atoms with Crippen LogP contribution in [-0.2, 0) is 11.3 Å². The average Bonchev–Trinajstić information content (AvgIpc) is 3.11. The molecule has 0 radical (unpaired) electrons. The maximum atomic E-state index is 13.1. The van der Waals surface area contributed by atoms with E-state index in [9.17, 15) is 18.8 Å². The first-order valence-corrected chi connectivity index (χ1v) is 12.4. The van der Waals surface area contributed by atoms with Crippen LogP contribution in [0.5, 0.6) is 0 Å². The van der Waals surface area contributed by atoms with Gasteiger partial charge in [-0.2, -0.15) is 0 Å².